The van der Waals surface area contributed by atoms with Crippen molar-refractivity contribution in [2.75, 3.05) is 6.26 Å². The first-order chi connectivity index (χ1) is 5.47. The molecular formula is C7H11NO3S. The van der Waals surface area contributed by atoms with E-state index in [1.165, 1.54) is 6.08 Å². The van der Waals surface area contributed by atoms with Crippen LogP contribution in [0.3, 0.4) is 0 Å². The number of carbonyl (C=O) groups is 1. The zero-order valence-corrected chi connectivity index (χ0v) is 7.65. The molecule has 0 aromatic carbocycles. The van der Waals surface area contributed by atoms with Crippen LogP contribution < -0.4 is 4.72 Å². The molecule has 68 valence electrons. The molecule has 4 nitrogen and oxygen atoms in total. The summed E-state index contributed by atoms with van der Waals surface area (Å²) in [4.78, 5) is 10.9. The highest BCUT2D eigenvalue weighted by atomic mass is 32.2. The van der Waals surface area contributed by atoms with Gasteiger partial charge in [0.2, 0.25) is 10.0 Å². The van der Waals surface area contributed by atoms with E-state index in [-0.39, 0.29) is 0 Å². The Kier molecular flexibility index (Phi) is 2.52. The van der Waals surface area contributed by atoms with Gasteiger partial charge in [-0.05, 0) is 19.3 Å². The lowest BCUT2D eigenvalue weighted by molar-refractivity contribution is -0.114. The molecule has 0 heterocycles. The van der Waals surface area contributed by atoms with Gasteiger partial charge in [0, 0.05) is 6.08 Å². The van der Waals surface area contributed by atoms with Crippen LogP contribution in [0.15, 0.2) is 11.6 Å². The average Bonchev–Trinajstić information content (AvgIpc) is 1.74. The summed E-state index contributed by atoms with van der Waals surface area (Å²) >= 11 is 0. The number of rotatable bonds is 2. The first kappa shape index (κ1) is 9.25. The van der Waals surface area contributed by atoms with E-state index in [0.29, 0.717) is 0 Å². The Morgan fingerprint density at radius 1 is 1.50 bits per heavy atom. The molecule has 1 aliphatic rings. The van der Waals surface area contributed by atoms with Gasteiger partial charge in [-0.25, -0.2) is 13.1 Å². The van der Waals surface area contributed by atoms with Gasteiger partial charge in [-0.15, -0.1) is 0 Å². The number of hydrogen-bond acceptors (Lipinski definition) is 3. The molecule has 0 unspecified atom stereocenters. The van der Waals surface area contributed by atoms with Gasteiger partial charge in [-0.2, -0.15) is 0 Å². The summed E-state index contributed by atoms with van der Waals surface area (Å²) in [5, 5.41) is 0. The Hall–Kier alpha value is -0.840. The minimum atomic E-state index is -3.40. The summed E-state index contributed by atoms with van der Waals surface area (Å²) in [7, 11) is -3.40. The number of carbonyl (C=O) groups excluding carboxylic acids is 1. The van der Waals surface area contributed by atoms with Crippen LogP contribution in [0.5, 0.6) is 0 Å². The highest BCUT2D eigenvalue weighted by Crippen LogP contribution is 2.24. The Labute approximate surface area is 71.7 Å². The van der Waals surface area contributed by atoms with E-state index in [4.69, 9.17) is 0 Å². The molecule has 0 spiro atoms. The van der Waals surface area contributed by atoms with Gasteiger partial charge in [0.05, 0.1) is 6.26 Å². The van der Waals surface area contributed by atoms with Gasteiger partial charge >= 0.3 is 0 Å². The summed E-state index contributed by atoms with van der Waals surface area (Å²) in [6.07, 6.45) is 5.25. The molecule has 0 aromatic heterocycles. The molecule has 1 rings (SSSR count). The summed E-state index contributed by atoms with van der Waals surface area (Å²) in [5.41, 5.74) is 1.02. The highest BCUT2D eigenvalue weighted by molar-refractivity contribution is 7.89. The molecule has 0 atom stereocenters. The Bertz CT molecular complexity index is 310. The highest BCUT2D eigenvalue weighted by Gasteiger charge is 2.11. The van der Waals surface area contributed by atoms with Crippen LogP contribution in [0.4, 0.5) is 0 Å². The average molecular weight is 189 g/mol. The first-order valence-electron chi connectivity index (χ1n) is 3.68. The molecule has 12 heavy (non-hydrogen) atoms. The van der Waals surface area contributed by atoms with Crippen LogP contribution in [-0.4, -0.2) is 20.6 Å². The fourth-order valence-electron chi connectivity index (χ4n) is 0.923. The van der Waals surface area contributed by atoms with Crippen LogP contribution in [0.2, 0.25) is 0 Å². The second-order valence-corrected chi connectivity index (χ2v) is 4.64. The summed E-state index contributed by atoms with van der Waals surface area (Å²) in [6.45, 7) is 0. The minimum absolute atomic E-state index is 0.535. The van der Waals surface area contributed by atoms with E-state index < -0.39 is 15.9 Å². The zero-order valence-electron chi connectivity index (χ0n) is 6.83. The monoisotopic (exact) mass is 189 g/mol. The summed E-state index contributed by atoms with van der Waals surface area (Å²) in [5.74, 6) is -0.535. The summed E-state index contributed by atoms with van der Waals surface area (Å²) in [6, 6.07) is 0. The molecule has 1 N–H and O–H groups in total. The normalized spacial score (nSPS) is 16.6. The van der Waals surface area contributed by atoms with Crippen molar-refractivity contribution < 1.29 is 13.2 Å². The first-order valence-corrected chi connectivity index (χ1v) is 5.58. The molecular weight excluding hydrogens is 178 g/mol. The van der Waals surface area contributed by atoms with Crippen molar-refractivity contribution in [3.8, 4) is 0 Å². The maximum atomic E-state index is 10.9. The van der Waals surface area contributed by atoms with Crippen LogP contribution in [0, 0.1) is 0 Å². The van der Waals surface area contributed by atoms with Gasteiger partial charge in [0.1, 0.15) is 0 Å². The van der Waals surface area contributed by atoms with Gasteiger partial charge in [0.25, 0.3) is 5.91 Å². The van der Waals surface area contributed by atoms with E-state index in [0.717, 1.165) is 31.1 Å². The molecule has 0 aliphatic heterocycles. The van der Waals surface area contributed by atoms with E-state index in [1.54, 1.807) is 0 Å². The van der Waals surface area contributed by atoms with E-state index in [2.05, 4.69) is 0 Å². The van der Waals surface area contributed by atoms with Crippen LogP contribution in [-0.2, 0) is 14.8 Å². The van der Waals surface area contributed by atoms with Crippen molar-refractivity contribution in [2.24, 2.45) is 0 Å². The zero-order chi connectivity index (χ0) is 9.19. The van der Waals surface area contributed by atoms with Crippen molar-refractivity contribution in [1.82, 2.24) is 4.72 Å². The van der Waals surface area contributed by atoms with Crippen molar-refractivity contribution in [2.45, 2.75) is 19.3 Å². The summed E-state index contributed by atoms with van der Waals surface area (Å²) < 4.78 is 23.0. The SMILES string of the molecule is CS(=O)(=O)NC(=O)C=C1CCC1. The number of amides is 1. The Morgan fingerprint density at radius 2 is 2.08 bits per heavy atom. The largest absolute Gasteiger partial charge is 0.269 e. The van der Waals surface area contributed by atoms with E-state index >= 15 is 0 Å². The quantitative estimate of drug-likeness (QED) is 0.630. The smallest absolute Gasteiger partial charge is 0.257 e. The second-order valence-electron chi connectivity index (χ2n) is 2.89. The van der Waals surface area contributed by atoms with Crippen molar-refractivity contribution in [1.29, 1.82) is 0 Å². The standard InChI is InChI=1S/C7H11NO3S/c1-12(10,11)8-7(9)5-6-3-2-4-6/h5H,2-4H2,1H3,(H,8,9). The van der Waals surface area contributed by atoms with E-state index in [1.807, 2.05) is 4.72 Å². The Balaban J connectivity index is 2.49. The van der Waals surface area contributed by atoms with Gasteiger partial charge in [0.15, 0.2) is 0 Å². The predicted octanol–water partition coefficient (Wildman–Crippen LogP) is 0.172. The maximum absolute atomic E-state index is 10.9. The lowest BCUT2D eigenvalue weighted by atomic mass is 9.92. The van der Waals surface area contributed by atoms with Gasteiger partial charge in [-0.3, -0.25) is 4.79 Å². The number of hydrogen-bond donors (Lipinski definition) is 1. The topological polar surface area (TPSA) is 63.2 Å². The van der Waals surface area contributed by atoms with Crippen LogP contribution in [0.25, 0.3) is 0 Å². The molecule has 0 aromatic rings. The third-order valence-corrected chi connectivity index (χ3v) is 2.19. The van der Waals surface area contributed by atoms with Gasteiger partial charge in [-0.1, -0.05) is 5.57 Å². The molecule has 1 saturated carbocycles. The molecule has 0 saturated heterocycles. The number of nitrogens with one attached hydrogen (secondary N) is 1. The van der Waals surface area contributed by atoms with Crippen molar-refractivity contribution in [3.05, 3.63) is 11.6 Å². The number of allylic oxidation sites excluding steroid dienone is 1. The van der Waals surface area contributed by atoms with Crippen LogP contribution in [0.1, 0.15) is 19.3 Å². The molecule has 0 bridgehead atoms. The maximum Gasteiger partial charge on any atom is 0.257 e. The van der Waals surface area contributed by atoms with E-state index in [9.17, 15) is 13.2 Å². The fraction of sp³-hybridized carbons (Fsp3) is 0.571. The third-order valence-electron chi connectivity index (χ3n) is 1.62. The Morgan fingerprint density at radius 3 is 2.42 bits per heavy atom. The van der Waals surface area contributed by atoms with Crippen molar-refractivity contribution >= 4 is 15.9 Å². The number of sulfonamides is 1. The molecule has 1 amide bonds. The molecule has 0 radical (unpaired) electrons. The third kappa shape index (κ3) is 3.04. The predicted molar refractivity (Wildman–Crippen MR) is 44.9 cm³/mol. The fourth-order valence-corrected chi connectivity index (χ4v) is 1.35. The van der Waals surface area contributed by atoms with Gasteiger partial charge < -0.3 is 0 Å². The lowest BCUT2D eigenvalue weighted by Gasteiger charge is -2.15. The molecule has 1 fully saturated rings. The van der Waals surface area contributed by atoms with Crippen LogP contribution >= 0.6 is 0 Å². The second kappa shape index (κ2) is 3.26. The lowest BCUT2D eigenvalue weighted by Crippen LogP contribution is -2.28. The minimum Gasteiger partial charge on any atom is -0.269 e. The van der Waals surface area contributed by atoms with Crippen molar-refractivity contribution in [3.63, 3.8) is 0 Å². The molecule has 5 heteroatoms. The molecule has 1 aliphatic carbocycles.